The van der Waals surface area contributed by atoms with Crippen molar-refractivity contribution >= 4 is 15.9 Å². The molecule has 0 saturated heterocycles. The SMILES string of the molecule is CC(C)Oc1cccc(C(Br)c2ccccc2)c1. The molecule has 0 amide bonds. The van der Waals surface area contributed by atoms with Gasteiger partial charge < -0.3 is 4.74 Å². The first-order valence-corrected chi connectivity index (χ1v) is 7.04. The number of alkyl halides is 1. The Hall–Kier alpha value is -1.28. The lowest BCUT2D eigenvalue weighted by molar-refractivity contribution is 0.242. The number of hydrogen-bond acceptors (Lipinski definition) is 1. The summed E-state index contributed by atoms with van der Waals surface area (Å²) in [5, 5.41) is 0. The third kappa shape index (κ3) is 3.36. The first-order chi connectivity index (χ1) is 8.66. The summed E-state index contributed by atoms with van der Waals surface area (Å²) in [6, 6.07) is 18.6. The van der Waals surface area contributed by atoms with E-state index < -0.39 is 0 Å². The third-order valence-electron chi connectivity index (χ3n) is 2.61. The second-order valence-electron chi connectivity index (χ2n) is 4.51. The summed E-state index contributed by atoms with van der Waals surface area (Å²) in [5.74, 6) is 0.919. The van der Waals surface area contributed by atoms with Crippen molar-refractivity contribution in [1.29, 1.82) is 0 Å². The van der Waals surface area contributed by atoms with Crippen LogP contribution < -0.4 is 4.74 Å². The molecule has 0 fully saturated rings. The van der Waals surface area contributed by atoms with E-state index in [1.165, 1.54) is 11.1 Å². The summed E-state index contributed by atoms with van der Waals surface area (Å²) < 4.78 is 5.72. The van der Waals surface area contributed by atoms with E-state index in [1.54, 1.807) is 0 Å². The monoisotopic (exact) mass is 304 g/mol. The van der Waals surface area contributed by atoms with Crippen LogP contribution in [-0.4, -0.2) is 6.10 Å². The zero-order valence-corrected chi connectivity index (χ0v) is 12.2. The Kier molecular flexibility index (Phi) is 4.43. The van der Waals surface area contributed by atoms with Crippen LogP contribution in [0.4, 0.5) is 0 Å². The summed E-state index contributed by atoms with van der Waals surface area (Å²) in [4.78, 5) is 0.203. The molecule has 18 heavy (non-hydrogen) atoms. The lowest BCUT2D eigenvalue weighted by atomic mass is 10.0. The molecule has 0 N–H and O–H groups in total. The van der Waals surface area contributed by atoms with E-state index in [2.05, 4.69) is 52.3 Å². The third-order valence-corrected chi connectivity index (χ3v) is 3.67. The van der Waals surface area contributed by atoms with Crippen LogP contribution >= 0.6 is 15.9 Å². The van der Waals surface area contributed by atoms with Gasteiger partial charge in [0.2, 0.25) is 0 Å². The van der Waals surface area contributed by atoms with Crippen molar-refractivity contribution in [1.82, 2.24) is 0 Å². The molecule has 0 bridgehead atoms. The Balaban J connectivity index is 2.23. The van der Waals surface area contributed by atoms with Crippen LogP contribution in [0.5, 0.6) is 5.75 Å². The van der Waals surface area contributed by atoms with Gasteiger partial charge in [-0.2, -0.15) is 0 Å². The van der Waals surface area contributed by atoms with Gasteiger partial charge in [0, 0.05) is 0 Å². The Morgan fingerprint density at radius 1 is 0.889 bits per heavy atom. The van der Waals surface area contributed by atoms with Gasteiger partial charge in [0.1, 0.15) is 5.75 Å². The number of rotatable bonds is 4. The quantitative estimate of drug-likeness (QED) is 0.726. The largest absolute Gasteiger partial charge is 0.491 e. The minimum absolute atomic E-state index is 0.200. The fourth-order valence-electron chi connectivity index (χ4n) is 1.83. The molecule has 0 heterocycles. The van der Waals surface area contributed by atoms with Crippen LogP contribution in [0.15, 0.2) is 54.6 Å². The predicted molar refractivity (Wildman–Crippen MR) is 79.4 cm³/mol. The number of hydrogen-bond donors (Lipinski definition) is 0. The van der Waals surface area contributed by atoms with Crippen molar-refractivity contribution in [3.63, 3.8) is 0 Å². The maximum absolute atomic E-state index is 5.72. The molecule has 94 valence electrons. The zero-order valence-electron chi connectivity index (χ0n) is 10.6. The van der Waals surface area contributed by atoms with Crippen molar-refractivity contribution in [3.8, 4) is 5.75 Å². The van der Waals surface area contributed by atoms with E-state index in [0.717, 1.165) is 5.75 Å². The second-order valence-corrected chi connectivity index (χ2v) is 5.43. The molecule has 0 aromatic heterocycles. The van der Waals surface area contributed by atoms with Gasteiger partial charge in [0.05, 0.1) is 10.9 Å². The van der Waals surface area contributed by atoms with Gasteiger partial charge >= 0.3 is 0 Å². The van der Waals surface area contributed by atoms with E-state index >= 15 is 0 Å². The Labute approximate surface area is 117 Å². The van der Waals surface area contributed by atoms with Crippen LogP contribution in [0.1, 0.15) is 29.8 Å². The summed E-state index contributed by atoms with van der Waals surface area (Å²) in [6.07, 6.45) is 0.200. The molecular weight excluding hydrogens is 288 g/mol. The van der Waals surface area contributed by atoms with Crippen molar-refractivity contribution < 1.29 is 4.74 Å². The second kappa shape index (κ2) is 6.05. The topological polar surface area (TPSA) is 9.23 Å². The standard InChI is InChI=1S/C16H17BrO/c1-12(2)18-15-10-6-9-14(11-15)16(17)13-7-4-3-5-8-13/h3-12,16H,1-2H3. The first-order valence-electron chi connectivity index (χ1n) is 6.12. The lowest BCUT2D eigenvalue weighted by Crippen LogP contribution is -2.05. The fraction of sp³-hybridized carbons (Fsp3) is 0.250. The maximum atomic E-state index is 5.72. The highest BCUT2D eigenvalue weighted by Gasteiger charge is 2.10. The van der Waals surface area contributed by atoms with E-state index in [0.29, 0.717) is 0 Å². The average Bonchev–Trinajstić information content (AvgIpc) is 2.38. The Morgan fingerprint density at radius 3 is 2.22 bits per heavy atom. The van der Waals surface area contributed by atoms with Gasteiger partial charge in [-0.1, -0.05) is 58.4 Å². The highest BCUT2D eigenvalue weighted by atomic mass is 79.9. The van der Waals surface area contributed by atoms with Crippen molar-refractivity contribution in [3.05, 3.63) is 65.7 Å². The number of benzene rings is 2. The maximum Gasteiger partial charge on any atom is 0.120 e. The summed E-state index contributed by atoms with van der Waals surface area (Å²) in [5.41, 5.74) is 2.46. The average molecular weight is 305 g/mol. The van der Waals surface area contributed by atoms with Gasteiger partial charge in [0.15, 0.2) is 0 Å². The molecular formula is C16H17BrO. The van der Waals surface area contributed by atoms with Crippen LogP contribution in [0.25, 0.3) is 0 Å². The van der Waals surface area contributed by atoms with Gasteiger partial charge in [-0.15, -0.1) is 0 Å². The molecule has 0 aliphatic rings. The molecule has 2 aromatic carbocycles. The molecule has 1 unspecified atom stereocenters. The van der Waals surface area contributed by atoms with Crippen LogP contribution in [-0.2, 0) is 0 Å². The van der Waals surface area contributed by atoms with Gasteiger partial charge in [-0.3, -0.25) is 0 Å². The minimum Gasteiger partial charge on any atom is -0.491 e. The first kappa shape index (κ1) is 13.2. The Bertz CT molecular complexity index is 493. The van der Waals surface area contributed by atoms with E-state index in [-0.39, 0.29) is 10.9 Å². The highest BCUT2D eigenvalue weighted by Crippen LogP contribution is 2.32. The lowest BCUT2D eigenvalue weighted by Gasteiger charge is -2.14. The van der Waals surface area contributed by atoms with Crippen LogP contribution in [0, 0.1) is 0 Å². The molecule has 0 aliphatic carbocycles. The number of ether oxygens (including phenoxy) is 1. The number of halogens is 1. The molecule has 0 saturated carbocycles. The normalized spacial score (nSPS) is 12.4. The summed E-state index contributed by atoms with van der Waals surface area (Å²) in [6.45, 7) is 4.07. The van der Waals surface area contributed by atoms with Crippen LogP contribution in [0.2, 0.25) is 0 Å². The van der Waals surface area contributed by atoms with Gasteiger partial charge in [0.25, 0.3) is 0 Å². The molecule has 2 aromatic rings. The van der Waals surface area contributed by atoms with E-state index in [1.807, 2.05) is 32.0 Å². The predicted octanol–water partition coefficient (Wildman–Crippen LogP) is 4.96. The van der Waals surface area contributed by atoms with Crippen LogP contribution in [0.3, 0.4) is 0 Å². The van der Waals surface area contributed by atoms with E-state index in [9.17, 15) is 0 Å². The molecule has 0 aliphatic heterocycles. The van der Waals surface area contributed by atoms with Gasteiger partial charge in [-0.05, 0) is 37.1 Å². The van der Waals surface area contributed by atoms with Gasteiger partial charge in [-0.25, -0.2) is 0 Å². The highest BCUT2D eigenvalue weighted by molar-refractivity contribution is 9.09. The molecule has 2 heteroatoms. The molecule has 1 atom stereocenters. The molecule has 1 nitrogen and oxygen atoms in total. The molecule has 0 spiro atoms. The fourth-order valence-corrected chi connectivity index (χ4v) is 2.42. The zero-order chi connectivity index (χ0) is 13.0. The summed E-state index contributed by atoms with van der Waals surface area (Å²) >= 11 is 3.74. The van der Waals surface area contributed by atoms with Crippen molar-refractivity contribution in [2.75, 3.05) is 0 Å². The smallest absolute Gasteiger partial charge is 0.120 e. The minimum atomic E-state index is 0.200. The summed E-state index contributed by atoms with van der Waals surface area (Å²) in [7, 11) is 0. The van der Waals surface area contributed by atoms with Crippen molar-refractivity contribution in [2.45, 2.75) is 24.8 Å². The van der Waals surface area contributed by atoms with E-state index in [4.69, 9.17) is 4.74 Å². The van der Waals surface area contributed by atoms with Crippen molar-refractivity contribution in [2.24, 2.45) is 0 Å². The molecule has 0 radical (unpaired) electrons. The molecule has 2 rings (SSSR count). The Morgan fingerprint density at radius 2 is 1.56 bits per heavy atom.